The van der Waals surface area contributed by atoms with E-state index in [2.05, 4.69) is 10.6 Å². The van der Waals surface area contributed by atoms with Crippen LogP contribution in [-0.2, 0) is 25.6 Å². The molecule has 0 spiro atoms. The van der Waals surface area contributed by atoms with Crippen LogP contribution in [0.1, 0.15) is 45.6 Å². The van der Waals surface area contributed by atoms with E-state index in [1.54, 1.807) is 0 Å². The second-order valence-electron chi connectivity index (χ2n) is 9.24. The Kier molecular flexibility index (Phi) is 10.0. The third kappa shape index (κ3) is 7.53. The van der Waals surface area contributed by atoms with Crippen molar-refractivity contribution in [3.05, 3.63) is 35.9 Å². The Labute approximate surface area is 199 Å². The number of carbonyl (C=O) groups is 4. The number of carboxylic acid groups (broad SMARTS) is 1. The van der Waals surface area contributed by atoms with Crippen LogP contribution < -0.4 is 16.4 Å². The number of hydrogen-bond donors (Lipinski definition) is 5. The van der Waals surface area contributed by atoms with Crippen LogP contribution in [0.2, 0.25) is 0 Å². The number of carboxylic acids is 1. The quantitative estimate of drug-likeness (QED) is 0.301. The lowest BCUT2D eigenvalue weighted by molar-refractivity contribution is -0.145. The molecule has 6 N–H and O–H groups in total. The fourth-order valence-corrected chi connectivity index (χ4v) is 4.00. The van der Waals surface area contributed by atoms with Crippen molar-refractivity contribution in [2.24, 2.45) is 11.7 Å². The number of aliphatic hydroxyl groups excluding tert-OH is 1. The van der Waals surface area contributed by atoms with Crippen molar-refractivity contribution in [1.82, 2.24) is 15.5 Å². The number of rotatable bonds is 11. The van der Waals surface area contributed by atoms with Crippen molar-refractivity contribution in [3.63, 3.8) is 0 Å². The molecule has 1 fully saturated rings. The number of hydrogen-bond acceptors (Lipinski definition) is 6. The molecule has 3 amide bonds. The van der Waals surface area contributed by atoms with E-state index in [0.717, 1.165) is 5.56 Å². The first kappa shape index (κ1) is 27.3. The molecule has 1 aliphatic heterocycles. The molecule has 10 heteroatoms. The molecule has 0 saturated carbocycles. The summed E-state index contributed by atoms with van der Waals surface area (Å²) in [7, 11) is 0. The van der Waals surface area contributed by atoms with E-state index in [9.17, 15) is 29.4 Å². The Hall–Kier alpha value is -2.98. The van der Waals surface area contributed by atoms with Crippen LogP contribution in [0.5, 0.6) is 0 Å². The standard InChI is InChI=1S/C24H36N4O6/c1-14(2)12-18(24(33)34)27-21(30)19-10-7-11-28(19)23(32)17(13-16-8-5-4-6-9-16)26-22(31)20(25)15(3)29/h4-6,8-9,14-15,17-20,29H,7,10-13,25H2,1-3H3,(H,26,31)(H,27,30)(H,33,34). The van der Waals surface area contributed by atoms with E-state index in [4.69, 9.17) is 5.73 Å². The molecule has 0 radical (unpaired) electrons. The lowest BCUT2D eigenvalue weighted by Gasteiger charge is -2.30. The summed E-state index contributed by atoms with van der Waals surface area (Å²) in [6.45, 7) is 5.42. The van der Waals surface area contributed by atoms with Crippen LogP contribution in [0.15, 0.2) is 30.3 Å². The van der Waals surface area contributed by atoms with Gasteiger partial charge in [-0.05, 0) is 37.7 Å². The molecule has 1 aliphatic rings. The molecule has 0 aliphatic carbocycles. The van der Waals surface area contributed by atoms with E-state index in [-0.39, 0.29) is 18.8 Å². The van der Waals surface area contributed by atoms with Crippen molar-refractivity contribution in [2.45, 2.75) is 76.7 Å². The number of likely N-dealkylation sites (tertiary alicyclic amines) is 1. The van der Waals surface area contributed by atoms with Gasteiger partial charge in [-0.15, -0.1) is 0 Å². The van der Waals surface area contributed by atoms with Gasteiger partial charge in [0.25, 0.3) is 0 Å². The molecule has 10 nitrogen and oxygen atoms in total. The summed E-state index contributed by atoms with van der Waals surface area (Å²) in [5.41, 5.74) is 6.55. The largest absolute Gasteiger partial charge is 0.480 e. The van der Waals surface area contributed by atoms with Crippen LogP contribution in [0, 0.1) is 5.92 Å². The summed E-state index contributed by atoms with van der Waals surface area (Å²) in [6.07, 6.45) is 0.307. The SMILES string of the molecule is CC(C)CC(NC(=O)C1CCCN1C(=O)C(Cc1ccccc1)NC(=O)C(N)C(C)O)C(=O)O. The van der Waals surface area contributed by atoms with Gasteiger partial charge in [0.1, 0.15) is 24.2 Å². The highest BCUT2D eigenvalue weighted by atomic mass is 16.4. The predicted octanol–water partition coefficient (Wildman–Crippen LogP) is 0.0285. The second kappa shape index (κ2) is 12.5. The first-order chi connectivity index (χ1) is 16.0. The maximum Gasteiger partial charge on any atom is 0.326 e. The summed E-state index contributed by atoms with van der Waals surface area (Å²) in [5.74, 6) is -2.72. The average Bonchev–Trinajstić information content (AvgIpc) is 3.27. The molecule has 1 aromatic carbocycles. The smallest absolute Gasteiger partial charge is 0.326 e. The van der Waals surface area contributed by atoms with Gasteiger partial charge in [0.05, 0.1) is 6.10 Å². The number of aliphatic hydroxyl groups is 1. The monoisotopic (exact) mass is 476 g/mol. The lowest BCUT2D eigenvalue weighted by Crippen LogP contribution is -2.58. The van der Waals surface area contributed by atoms with Gasteiger partial charge in [0.15, 0.2) is 0 Å². The minimum atomic E-state index is -1.21. The van der Waals surface area contributed by atoms with E-state index >= 15 is 0 Å². The molecule has 1 heterocycles. The van der Waals surface area contributed by atoms with Crippen LogP contribution in [-0.4, -0.2) is 75.6 Å². The second-order valence-corrected chi connectivity index (χ2v) is 9.24. The predicted molar refractivity (Wildman–Crippen MR) is 125 cm³/mol. The summed E-state index contributed by atoms with van der Waals surface area (Å²) in [4.78, 5) is 52.0. The summed E-state index contributed by atoms with van der Waals surface area (Å²) < 4.78 is 0. The highest BCUT2D eigenvalue weighted by molar-refractivity contribution is 5.94. The zero-order valence-corrected chi connectivity index (χ0v) is 19.9. The molecule has 0 aromatic heterocycles. The topological polar surface area (TPSA) is 162 Å². The number of carbonyl (C=O) groups excluding carboxylic acids is 3. The number of amides is 3. The summed E-state index contributed by atoms with van der Waals surface area (Å²) in [6, 6.07) is 5.00. The third-order valence-electron chi connectivity index (χ3n) is 5.88. The first-order valence-electron chi connectivity index (χ1n) is 11.6. The molecular formula is C24H36N4O6. The zero-order valence-electron chi connectivity index (χ0n) is 19.9. The minimum Gasteiger partial charge on any atom is -0.480 e. The number of nitrogens with zero attached hydrogens (tertiary/aromatic N) is 1. The van der Waals surface area contributed by atoms with Gasteiger partial charge < -0.3 is 31.5 Å². The normalized spacial score (nSPS) is 19.2. The van der Waals surface area contributed by atoms with Crippen molar-refractivity contribution in [1.29, 1.82) is 0 Å². The lowest BCUT2D eigenvalue weighted by atomic mass is 10.0. The van der Waals surface area contributed by atoms with Gasteiger partial charge in [0.2, 0.25) is 17.7 Å². The van der Waals surface area contributed by atoms with Crippen LogP contribution >= 0.6 is 0 Å². The fourth-order valence-electron chi connectivity index (χ4n) is 4.00. The highest BCUT2D eigenvalue weighted by Gasteiger charge is 2.39. The van der Waals surface area contributed by atoms with Gasteiger partial charge >= 0.3 is 5.97 Å². The summed E-state index contributed by atoms with van der Waals surface area (Å²) in [5, 5.41) is 24.3. The van der Waals surface area contributed by atoms with Crippen molar-refractivity contribution < 1.29 is 29.4 Å². The summed E-state index contributed by atoms with van der Waals surface area (Å²) >= 11 is 0. The maximum absolute atomic E-state index is 13.5. The molecule has 5 unspecified atom stereocenters. The Balaban J connectivity index is 2.21. The van der Waals surface area contributed by atoms with Crippen molar-refractivity contribution in [3.8, 4) is 0 Å². The molecule has 188 valence electrons. The average molecular weight is 477 g/mol. The fraction of sp³-hybridized carbons (Fsp3) is 0.583. The van der Waals surface area contributed by atoms with Gasteiger partial charge in [-0.25, -0.2) is 4.79 Å². The van der Waals surface area contributed by atoms with E-state index in [1.165, 1.54) is 11.8 Å². The molecule has 2 rings (SSSR count). The molecule has 1 aromatic rings. The highest BCUT2D eigenvalue weighted by Crippen LogP contribution is 2.20. The van der Waals surface area contributed by atoms with Gasteiger partial charge in [-0.1, -0.05) is 44.2 Å². The van der Waals surface area contributed by atoms with Crippen molar-refractivity contribution >= 4 is 23.7 Å². The molecular weight excluding hydrogens is 440 g/mol. The Morgan fingerprint density at radius 1 is 1.09 bits per heavy atom. The van der Waals surface area contributed by atoms with Crippen molar-refractivity contribution in [2.75, 3.05) is 6.54 Å². The number of nitrogens with two attached hydrogens (primary N) is 1. The van der Waals surface area contributed by atoms with Crippen LogP contribution in [0.3, 0.4) is 0 Å². The Morgan fingerprint density at radius 3 is 2.29 bits per heavy atom. The molecule has 0 bridgehead atoms. The first-order valence-corrected chi connectivity index (χ1v) is 11.6. The van der Waals surface area contributed by atoms with Crippen LogP contribution in [0.4, 0.5) is 0 Å². The zero-order chi connectivity index (χ0) is 25.4. The maximum atomic E-state index is 13.5. The van der Waals surface area contributed by atoms with E-state index in [0.29, 0.717) is 19.4 Å². The Bertz CT molecular complexity index is 860. The number of aliphatic carboxylic acids is 1. The van der Waals surface area contributed by atoms with Crippen LogP contribution in [0.25, 0.3) is 0 Å². The number of nitrogens with one attached hydrogen (secondary N) is 2. The van der Waals surface area contributed by atoms with E-state index < -0.39 is 54.0 Å². The molecule has 34 heavy (non-hydrogen) atoms. The Morgan fingerprint density at radius 2 is 1.74 bits per heavy atom. The van der Waals surface area contributed by atoms with Gasteiger partial charge in [-0.3, -0.25) is 14.4 Å². The van der Waals surface area contributed by atoms with Gasteiger partial charge in [-0.2, -0.15) is 0 Å². The van der Waals surface area contributed by atoms with Gasteiger partial charge in [0, 0.05) is 13.0 Å². The molecule has 1 saturated heterocycles. The minimum absolute atomic E-state index is 0.0614. The van der Waals surface area contributed by atoms with E-state index in [1.807, 2.05) is 44.2 Å². The molecule has 5 atom stereocenters. The number of benzene rings is 1. The third-order valence-corrected chi connectivity index (χ3v) is 5.88.